The summed E-state index contributed by atoms with van der Waals surface area (Å²) in [7, 11) is -4.28. The number of unbranched alkanes of at least 4 members (excludes halogenated alkanes) is 7. The monoisotopic (exact) mass is 362 g/mol. The molecule has 0 heterocycles. The number of aliphatic hydroxyl groups excluding tert-OH is 1. The summed E-state index contributed by atoms with van der Waals surface area (Å²) in [6.07, 6.45) is 7.39. The van der Waals surface area contributed by atoms with Crippen molar-refractivity contribution in [2.75, 3.05) is 12.8 Å². The minimum atomic E-state index is -4.28. The molecule has 0 rings (SSSR count). The fourth-order valence-electron chi connectivity index (χ4n) is 2.04. The molecule has 0 aromatic rings. The molecule has 0 spiro atoms. The third-order valence-electron chi connectivity index (χ3n) is 3.35. The van der Waals surface area contributed by atoms with Gasteiger partial charge in [-0.25, -0.2) is 0 Å². The van der Waals surface area contributed by atoms with E-state index in [0.29, 0.717) is 0 Å². The van der Waals surface area contributed by atoms with Crippen molar-refractivity contribution in [1.82, 2.24) is 0 Å². The summed E-state index contributed by atoms with van der Waals surface area (Å²) >= 11 is 0. The van der Waals surface area contributed by atoms with Gasteiger partial charge in [-0.15, -0.1) is 11.8 Å². The molecule has 0 aliphatic heterocycles. The van der Waals surface area contributed by atoms with E-state index in [1.54, 1.807) is 0 Å². The highest BCUT2D eigenvalue weighted by Crippen LogP contribution is 2.34. The molecule has 0 fully saturated rings. The van der Waals surface area contributed by atoms with Gasteiger partial charge >= 0.3 is 13.6 Å². The van der Waals surface area contributed by atoms with Gasteiger partial charge in [-0.05, 0) is 19.3 Å². The fraction of sp³-hybridized carbons (Fsp3) is 0.824. The molecule has 0 bridgehead atoms. The summed E-state index contributed by atoms with van der Waals surface area (Å²) in [5.41, 5.74) is 0. The largest absolute Gasteiger partial charge is 0.463 e. The van der Waals surface area contributed by atoms with Gasteiger partial charge in [0.25, 0.3) is 0 Å². The van der Waals surface area contributed by atoms with Crippen LogP contribution < -0.4 is 0 Å². The molecule has 0 saturated heterocycles. The van der Waals surface area contributed by atoms with Crippen LogP contribution in [0.3, 0.4) is 0 Å². The Morgan fingerprint density at radius 3 is 2.25 bits per heavy atom. The number of esters is 1. The molecule has 1 unspecified atom stereocenters. The van der Waals surface area contributed by atoms with E-state index in [1.165, 1.54) is 12.8 Å². The van der Waals surface area contributed by atoms with Gasteiger partial charge in [0, 0.05) is 19.3 Å². The van der Waals surface area contributed by atoms with Crippen molar-refractivity contribution in [3.8, 4) is 11.8 Å². The standard InChI is InChI=1S/C17H31O6P/c1-2-3-4-5-6-7-8-9-10-11-12-13-17(19)23-14-16(18)15-24(20,21)22/h16,18H,2-4,7-15H2,1H3,(H2,20,21,22). The van der Waals surface area contributed by atoms with Crippen molar-refractivity contribution in [3.05, 3.63) is 0 Å². The summed E-state index contributed by atoms with van der Waals surface area (Å²) in [6, 6.07) is 0. The minimum absolute atomic E-state index is 0.263. The molecule has 3 N–H and O–H groups in total. The molecule has 0 aromatic heterocycles. The van der Waals surface area contributed by atoms with Crippen LogP contribution in [0.15, 0.2) is 0 Å². The summed E-state index contributed by atoms with van der Waals surface area (Å²) in [5.74, 6) is 5.89. The van der Waals surface area contributed by atoms with Gasteiger partial charge in [-0.2, -0.15) is 0 Å². The third kappa shape index (κ3) is 17.5. The molecule has 7 heteroatoms. The van der Waals surface area contributed by atoms with Gasteiger partial charge in [0.15, 0.2) is 0 Å². The average molecular weight is 362 g/mol. The second kappa shape index (κ2) is 14.5. The lowest BCUT2D eigenvalue weighted by molar-refractivity contribution is -0.146. The average Bonchev–Trinajstić information content (AvgIpc) is 2.49. The molecular formula is C17H31O6P. The van der Waals surface area contributed by atoms with Crippen LogP contribution in [-0.2, 0) is 14.1 Å². The fourth-order valence-corrected chi connectivity index (χ4v) is 2.70. The number of rotatable bonds is 13. The van der Waals surface area contributed by atoms with E-state index < -0.39 is 25.8 Å². The first-order valence-electron chi connectivity index (χ1n) is 8.69. The Morgan fingerprint density at radius 2 is 1.62 bits per heavy atom. The van der Waals surface area contributed by atoms with Crippen LogP contribution in [-0.4, -0.2) is 39.7 Å². The maximum Gasteiger partial charge on any atom is 0.328 e. The zero-order valence-corrected chi connectivity index (χ0v) is 15.5. The Labute approximate surface area is 145 Å². The SMILES string of the molecule is CCCCC#CCCCCCCCC(=O)OCC(O)CP(=O)(O)O. The van der Waals surface area contributed by atoms with E-state index in [1.807, 2.05) is 0 Å². The van der Waals surface area contributed by atoms with Gasteiger partial charge < -0.3 is 19.6 Å². The summed E-state index contributed by atoms with van der Waals surface area (Å²) in [5, 5.41) is 9.31. The molecule has 24 heavy (non-hydrogen) atoms. The molecule has 0 radical (unpaired) electrons. The second-order valence-corrected chi connectivity index (χ2v) is 7.60. The molecular weight excluding hydrogens is 331 g/mol. The molecule has 1 atom stereocenters. The van der Waals surface area contributed by atoms with Gasteiger partial charge in [-0.3, -0.25) is 9.36 Å². The van der Waals surface area contributed by atoms with E-state index in [0.717, 1.165) is 44.9 Å². The van der Waals surface area contributed by atoms with E-state index >= 15 is 0 Å². The van der Waals surface area contributed by atoms with Crippen molar-refractivity contribution < 1.29 is 29.0 Å². The second-order valence-electron chi connectivity index (χ2n) is 5.91. The van der Waals surface area contributed by atoms with Crippen molar-refractivity contribution in [2.24, 2.45) is 0 Å². The van der Waals surface area contributed by atoms with Crippen LogP contribution in [0.2, 0.25) is 0 Å². The topological polar surface area (TPSA) is 104 Å². The van der Waals surface area contributed by atoms with Gasteiger partial charge in [-0.1, -0.05) is 32.6 Å². The zero-order valence-electron chi connectivity index (χ0n) is 14.6. The number of carbonyl (C=O) groups excluding carboxylic acids is 1. The van der Waals surface area contributed by atoms with E-state index in [4.69, 9.17) is 14.5 Å². The smallest absolute Gasteiger partial charge is 0.328 e. The molecule has 0 amide bonds. The van der Waals surface area contributed by atoms with Crippen LogP contribution in [0, 0.1) is 11.8 Å². The van der Waals surface area contributed by atoms with Gasteiger partial charge in [0.2, 0.25) is 0 Å². The Kier molecular flexibility index (Phi) is 14.0. The quantitative estimate of drug-likeness (QED) is 0.201. The first-order chi connectivity index (χ1) is 11.3. The van der Waals surface area contributed by atoms with Crippen molar-refractivity contribution in [1.29, 1.82) is 0 Å². The van der Waals surface area contributed by atoms with Crippen LogP contribution in [0.25, 0.3) is 0 Å². The number of ether oxygens (including phenoxy) is 1. The Bertz CT molecular complexity index is 434. The number of carbonyl (C=O) groups is 1. The maximum atomic E-state index is 11.4. The lowest BCUT2D eigenvalue weighted by Crippen LogP contribution is -2.22. The highest BCUT2D eigenvalue weighted by molar-refractivity contribution is 7.51. The summed E-state index contributed by atoms with van der Waals surface area (Å²) in [4.78, 5) is 28.8. The first-order valence-corrected chi connectivity index (χ1v) is 10.5. The molecule has 0 aliphatic rings. The number of aliphatic hydroxyl groups is 1. The van der Waals surface area contributed by atoms with Crippen molar-refractivity contribution in [3.63, 3.8) is 0 Å². The Morgan fingerprint density at radius 1 is 1.04 bits per heavy atom. The van der Waals surface area contributed by atoms with Crippen LogP contribution in [0.1, 0.15) is 71.1 Å². The Balaban J connectivity index is 3.46. The molecule has 0 aromatic carbocycles. The predicted molar refractivity (Wildman–Crippen MR) is 93.5 cm³/mol. The molecule has 0 aliphatic carbocycles. The summed E-state index contributed by atoms with van der Waals surface area (Å²) in [6.45, 7) is 1.78. The van der Waals surface area contributed by atoms with Crippen molar-refractivity contribution >= 4 is 13.6 Å². The highest BCUT2D eigenvalue weighted by atomic mass is 31.2. The molecule has 0 saturated carbocycles. The first kappa shape index (κ1) is 23.1. The zero-order chi connectivity index (χ0) is 18.3. The van der Waals surface area contributed by atoms with E-state index in [2.05, 4.69) is 18.8 Å². The van der Waals surface area contributed by atoms with Gasteiger partial charge in [0.1, 0.15) is 6.61 Å². The van der Waals surface area contributed by atoms with Crippen molar-refractivity contribution in [2.45, 2.75) is 77.2 Å². The number of hydrogen-bond donors (Lipinski definition) is 3. The molecule has 6 nitrogen and oxygen atoms in total. The summed E-state index contributed by atoms with van der Waals surface area (Å²) < 4.78 is 15.4. The highest BCUT2D eigenvalue weighted by Gasteiger charge is 2.20. The lowest BCUT2D eigenvalue weighted by atomic mass is 10.1. The third-order valence-corrected chi connectivity index (χ3v) is 4.25. The van der Waals surface area contributed by atoms with Crippen LogP contribution >= 0.6 is 7.60 Å². The van der Waals surface area contributed by atoms with E-state index in [9.17, 15) is 14.5 Å². The van der Waals surface area contributed by atoms with E-state index in [-0.39, 0.29) is 13.0 Å². The van der Waals surface area contributed by atoms with Gasteiger partial charge in [0.05, 0.1) is 12.3 Å². The Hall–Kier alpha value is -0.860. The normalized spacial score (nSPS) is 12.3. The lowest BCUT2D eigenvalue weighted by Gasteiger charge is -2.12. The maximum absolute atomic E-state index is 11.4. The molecule has 140 valence electrons. The van der Waals surface area contributed by atoms with Crippen LogP contribution in [0.5, 0.6) is 0 Å². The number of hydrogen-bond acceptors (Lipinski definition) is 4. The predicted octanol–water partition coefficient (Wildman–Crippen LogP) is 2.99. The minimum Gasteiger partial charge on any atom is -0.463 e. The van der Waals surface area contributed by atoms with Crippen LogP contribution in [0.4, 0.5) is 0 Å².